The molecular formula is C12H26N2O. The lowest BCUT2D eigenvalue weighted by molar-refractivity contribution is 0.108. The standard InChI is InChI=1S/C12H26N2O/c1-4-12(5-7-13-8-6-12)10-14-9-11(2)15-3/h11,13-14H,4-10H2,1-3H3. The second-order valence-corrected chi connectivity index (χ2v) is 4.78. The smallest absolute Gasteiger partial charge is 0.0667 e. The summed E-state index contributed by atoms with van der Waals surface area (Å²) in [7, 11) is 1.77. The Morgan fingerprint density at radius 3 is 2.60 bits per heavy atom. The summed E-state index contributed by atoms with van der Waals surface area (Å²) in [5.41, 5.74) is 0.526. The minimum Gasteiger partial charge on any atom is -0.380 e. The Bertz CT molecular complexity index is 167. The molecule has 0 amide bonds. The van der Waals surface area contributed by atoms with E-state index in [1.807, 2.05) is 0 Å². The van der Waals surface area contributed by atoms with E-state index in [0.717, 1.165) is 13.1 Å². The van der Waals surface area contributed by atoms with Crippen LogP contribution in [0.3, 0.4) is 0 Å². The minimum atomic E-state index is 0.320. The van der Waals surface area contributed by atoms with E-state index in [2.05, 4.69) is 24.5 Å². The summed E-state index contributed by atoms with van der Waals surface area (Å²) < 4.78 is 5.23. The van der Waals surface area contributed by atoms with E-state index < -0.39 is 0 Å². The topological polar surface area (TPSA) is 33.3 Å². The van der Waals surface area contributed by atoms with Gasteiger partial charge in [-0.05, 0) is 44.7 Å². The van der Waals surface area contributed by atoms with E-state index in [9.17, 15) is 0 Å². The molecule has 3 nitrogen and oxygen atoms in total. The molecule has 0 bridgehead atoms. The summed E-state index contributed by atoms with van der Waals surface area (Å²) in [5.74, 6) is 0. The van der Waals surface area contributed by atoms with Crippen molar-refractivity contribution in [2.24, 2.45) is 5.41 Å². The van der Waals surface area contributed by atoms with Crippen LogP contribution in [0.2, 0.25) is 0 Å². The molecule has 0 saturated carbocycles. The molecule has 1 aliphatic heterocycles. The lowest BCUT2D eigenvalue weighted by Gasteiger charge is -2.37. The largest absolute Gasteiger partial charge is 0.380 e. The van der Waals surface area contributed by atoms with Gasteiger partial charge in [0, 0.05) is 20.2 Å². The van der Waals surface area contributed by atoms with Gasteiger partial charge in [-0.2, -0.15) is 0 Å². The lowest BCUT2D eigenvalue weighted by atomic mass is 9.76. The normalized spacial score (nSPS) is 22.6. The average molecular weight is 214 g/mol. The first-order valence-electron chi connectivity index (χ1n) is 6.17. The van der Waals surface area contributed by atoms with Crippen LogP contribution < -0.4 is 10.6 Å². The predicted molar refractivity (Wildman–Crippen MR) is 64.2 cm³/mol. The highest BCUT2D eigenvalue weighted by Gasteiger charge is 2.29. The number of hydrogen-bond donors (Lipinski definition) is 2. The molecule has 15 heavy (non-hydrogen) atoms. The molecule has 1 atom stereocenters. The Kier molecular flexibility index (Phi) is 5.58. The van der Waals surface area contributed by atoms with Gasteiger partial charge in [-0.25, -0.2) is 0 Å². The molecular weight excluding hydrogens is 188 g/mol. The molecule has 0 aromatic carbocycles. The SMILES string of the molecule is CCC1(CNCC(C)OC)CCNCC1. The van der Waals surface area contributed by atoms with E-state index in [1.54, 1.807) is 7.11 Å². The molecule has 1 aliphatic rings. The quantitative estimate of drug-likeness (QED) is 0.701. The van der Waals surface area contributed by atoms with Gasteiger partial charge in [0.1, 0.15) is 0 Å². The van der Waals surface area contributed by atoms with Crippen LogP contribution in [0.1, 0.15) is 33.1 Å². The van der Waals surface area contributed by atoms with Crippen molar-refractivity contribution < 1.29 is 4.74 Å². The summed E-state index contributed by atoms with van der Waals surface area (Å²) >= 11 is 0. The fraction of sp³-hybridized carbons (Fsp3) is 1.00. The predicted octanol–water partition coefficient (Wildman–Crippen LogP) is 1.39. The van der Waals surface area contributed by atoms with Gasteiger partial charge in [-0.3, -0.25) is 0 Å². The van der Waals surface area contributed by atoms with Crippen LogP contribution in [0.25, 0.3) is 0 Å². The van der Waals surface area contributed by atoms with Gasteiger partial charge in [-0.1, -0.05) is 6.92 Å². The molecule has 3 heteroatoms. The van der Waals surface area contributed by atoms with Crippen LogP contribution in [-0.4, -0.2) is 39.4 Å². The van der Waals surface area contributed by atoms with Crippen molar-refractivity contribution in [2.45, 2.75) is 39.2 Å². The van der Waals surface area contributed by atoms with Crippen LogP contribution in [0, 0.1) is 5.41 Å². The highest BCUT2D eigenvalue weighted by Crippen LogP contribution is 2.31. The molecule has 0 aliphatic carbocycles. The molecule has 1 fully saturated rings. The highest BCUT2D eigenvalue weighted by atomic mass is 16.5. The number of piperidine rings is 1. The first kappa shape index (κ1) is 12.9. The average Bonchev–Trinajstić information content (AvgIpc) is 2.30. The van der Waals surface area contributed by atoms with Gasteiger partial charge in [-0.15, -0.1) is 0 Å². The maximum atomic E-state index is 5.23. The molecule has 0 aromatic heterocycles. The molecule has 1 unspecified atom stereocenters. The monoisotopic (exact) mass is 214 g/mol. The van der Waals surface area contributed by atoms with Crippen LogP contribution in [0.5, 0.6) is 0 Å². The number of rotatable bonds is 6. The van der Waals surface area contributed by atoms with Crippen LogP contribution in [0.15, 0.2) is 0 Å². The van der Waals surface area contributed by atoms with Crippen LogP contribution in [0.4, 0.5) is 0 Å². The first-order chi connectivity index (χ1) is 7.22. The van der Waals surface area contributed by atoms with E-state index in [4.69, 9.17) is 4.74 Å². The molecule has 0 radical (unpaired) electrons. The number of ether oxygens (including phenoxy) is 1. The number of nitrogens with one attached hydrogen (secondary N) is 2. The zero-order chi connectivity index (χ0) is 11.1. The van der Waals surface area contributed by atoms with Crippen molar-refractivity contribution in [1.82, 2.24) is 10.6 Å². The Balaban J connectivity index is 2.26. The first-order valence-corrected chi connectivity index (χ1v) is 6.17. The van der Waals surface area contributed by atoms with Gasteiger partial charge < -0.3 is 15.4 Å². The van der Waals surface area contributed by atoms with E-state index in [0.29, 0.717) is 11.5 Å². The molecule has 1 rings (SSSR count). The van der Waals surface area contributed by atoms with Crippen molar-refractivity contribution in [3.05, 3.63) is 0 Å². The summed E-state index contributed by atoms with van der Waals surface area (Å²) in [6, 6.07) is 0. The Morgan fingerprint density at radius 1 is 1.40 bits per heavy atom. The van der Waals surface area contributed by atoms with Crippen molar-refractivity contribution >= 4 is 0 Å². The van der Waals surface area contributed by atoms with Crippen molar-refractivity contribution in [3.8, 4) is 0 Å². The Labute approximate surface area is 94.0 Å². The van der Waals surface area contributed by atoms with Gasteiger partial charge in [0.2, 0.25) is 0 Å². The zero-order valence-corrected chi connectivity index (χ0v) is 10.4. The fourth-order valence-corrected chi connectivity index (χ4v) is 2.24. The third kappa shape index (κ3) is 4.09. The van der Waals surface area contributed by atoms with Gasteiger partial charge in [0.25, 0.3) is 0 Å². The van der Waals surface area contributed by atoms with Gasteiger partial charge in [0.15, 0.2) is 0 Å². The van der Waals surface area contributed by atoms with Crippen LogP contribution >= 0.6 is 0 Å². The second-order valence-electron chi connectivity index (χ2n) is 4.78. The van der Waals surface area contributed by atoms with E-state index in [-0.39, 0.29) is 0 Å². The molecule has 2 N–H and O–H groups in total. The maximum absolute atomic E-state index is 5.23. The van der Waals surface area contributed by atoms with Crippen LogP contribution in [-0.2, 0) is 4.74 Å². The molecule has 1 heterocycles. The summed E-state index contributed by atoms with van der Waals surface area (Å²) in [6.07, 6.45) is 4.21. The van der Waals surface area contributed by atoms with Crippen molar-refractivity contribution in [3.63, 3.8) is 0 Å². The fourth-order valence-electron chi connectivity index (χ4n) is 2.24. The Hall–Kier alpha value is -0.120. The number of hydrogen-bond acceptors (Lipinski definition) is 3. The third-order valence-electron chi connectivity index (χ3n) is 3.75. The minimum absolute atomic E-state index is 0.320. The summed E-state index contributed by atoms with van der Waals surface area (Å²) in [6.45, 7) is 8.87. The van der Waals surface area contributed by atoms with Gasteiger partial charge >= 0.3 is 0 Å². The van der Waals surface area contributed by atoms with Gasteiger partial charge in [0.05, 0.1) is 6.10 Å². The number of methoxy groups -OCH3 is 1. The van der Waals surface area contributed by atoms with E-state index in [1.165, 1.54) is 32.4 Å². The van der Waals surface area contributed by atoms with E-state index >= 15 is 0 Å². The highest BCUT2D eigenvalue weighted by molar-refractivity contribution is 4.85. The summed E-state index contributed by atoms with van der Waals surface area (Å²) in [5, 5.41) is 6.98. The van der Waals surface area contributed by atoms with Crippen molar-refractivity contribution in [2.75, 3.05) is 33.3 Å². The molecule has 1 saturated heterocycles. The third-order valence-corrected chi connectivity index (χ3v) is 3.75. The summed E-state index contributed by atoms with van der Waals surface area (Å²) in [4.78, 5) is 0. The lowest BCUT2D eigenvalue weighted by Crippen LogP contribution is -2.44. The molecule has 0 aromatic rings. The molecule has 90 valence electrons. The zero-order valence-electron chi connectivity index (χ0n) is 10.4. The Morgan fingerprint density at radius 2 is 2.07 bits per heavy atom. The maximum Gasteiger partial charge on any atom is 0.0667 e. The molecule has 0 spiro atoms. The van der Waals surface area contributed by atoms with Crippen molar-refractivity contribution in [1.29, 1.82) is 0 Å². The second kappa shape index (κ2) is 6.46.